The molecule has 9 saturated heterocycles. The van der Waals surface area contributed by atoms with Crippen molar-refractivity contribution in [3.8, 4) is 0 Å². The molecular formula is C125H220Cl9N9. The summed E-state index contributed by atoms with van der Waals surface area (Å²) in [5.41, 5.74) is 8.89. The lowest BCUT2D eigenvalue weighted by Gasteiger charge is -2.47. The van der Waals surface area contributed by atoms with Crippen molar-refractivity contribution in [2.24, 2.45) is 107 Å². The summed E-state index contributed by atoms with van der Waals surface area (Å²) in [6.45, 7) is 85.4. The molecule has 143 heavy (non-hydrogen) atoms. The Bertz CT molecular complexity index is 3760. The molecule has 0 bridgehead atoms. The van der Waals surface area contributed by atoms with Crippen molar-refractivity contribution in [1.82, 2.24) is 0 Å². The van der Waals surface area contributed by atoms with Crippen LogP contribution in [0.2, 0.25) is 0 Å². The third-order valence-corrected chi connectivity index (χ3v) is 35.1. The molecule has 9 aliphatic heterocycles. The van der Waals surface area contributed by atoms with Crippen molar-refractivity contribution in [3.05, 3.63) is 215 Å². The lowest BCUT2D eigenvalue weighted by atomic mass is 9.86. The summed E-state index contributed by atoms with van der Waals surface area (Å²) in [7, 11) is 9.51. The molecular weight excluding hydrogens is 1950 g/mol. The minimum atomic E-state index is 0. The quantitative estimate of drug-likeness (QED) is 0.0281. The lowest BCUT2D eigenvalue weighted by molar-refractivity contribution is -0.964. The van der Waals surface area contributed by atoms with Gasteiger partial charge < -0.3 is 154 Å². The van der Waals surface area contributed by atoms with Gasteiger partial charge in [0.2, 0.25) is 0 Å². The van der Waals surface area contributed by atoms with Gasteiger partial charge in [-0.3, -0.25) is 0 Å². The number of nitrogens with one attached hydrogen (secondary N) is 5. The number of quaternary nitrogens is 9. The lowest BCUT2D eigenvalue weighted by Crippen LogP contribution is -3.14. The Balaban J connectivity index is -0.00000156. The van der Waals surface area contributed by atoms with Gasteiger partial charge in [-0.1, -0.05) is 314 Å². The average Bonchev–Trinajstić information content (AvgIpc) is 1.35. The smallest absolute Gasteiger partial charge is 0.105 e. The van der Waals surface area contributed by atoms with Crippen molar-refractivity contribution in [1.29, 1.82) is 0 Å². The molecule has 15 rings (SSSR count). The van der Waals surface area contributed by atoms with E-state index >= 15 is 0 Å². The number of likely N-dealkylation sites (tertiary alicyclic amines) is 9. The third kappa shape index (κ3) is 51.5. The summed E-state index contributed by atoms with van der Waals surface area (Å²) in [5, 5.41) is 0. The van der Waals surface area contributed by atoms with Crippen LogP contribution in [0.1, 0.15) is 301 Å². The first kappa shape index (κ1) is 145. The van der Waals surface area contributed by atoms with Crippen molar-refractivity contribution in [3.63, 3.8) is 0 Å². The molecule has 0 radical (unpaired) electrons. The Labute approximate surface area is 940 Å². The van der Waals surface area contributed by atoms with Gasteiger partial charge in [0.15, 0.2) is 0 Å². The predicted octanol–water partition coefficient (Wildman–Crippen LogP) is -4.63. The number of hydrogen-bond donors (Lipinski definition) is 5. The standard InChI is InChI=1S/2C22H30N.2C16H26N.C11H23N.2C10H21N.2C9H19N.9ClH/c1-3-20-14-19(2)15-23(16-20,17-21-10-6-4-7-11-21)18-22-12-8-5-9-13-22;1-3-21-17-23(18-22(21)4-2,15-19-11-7-5-8-12-19)16-20-13-9-6-10-14-20;1-4-15-10-14(2)11-17(3,12-15)13-16-8-6-5-7-9-16;1-4-15-12-17(3,13-16(15)5-2)11-14-9-7-6-8-10-14;1-4-7-12-8-10(5-2)11(6-3)9-12;1-4-10-6-9(3)7-11(5-2)8-10;1-4-9-7-11(6-3)8-10(9)5-2;1-4-9-5-8(2)6-10(3)7-9;1-4-8-6-10(3)7-9(8)5-2;;;;;;;;;/h4-13,19-20H,3,14-18H2,1-2H3;5-14,21-22H,3-4,15-18H2,1-2H3;5-9,14-15H,4,10-13H2,1-3H3;6-10,15-16H,4-5,11-13H2,1-3H3;10-11H,4-9H2,1-3H3;2*9-10H,4-8H2,1-3H3;2*8-9H,4-7H2,1-3H3;9*1H/q4*+1;;;;;;;;;;;;;;/p-4. The van der Waals surface area contributed by atoms with Crippen LogP contribution in [0.3, 0.4) is 0 Å². The zero-order chi connectivity index (χ0) is 97.5. The van der Waals surface area contributed by atoms with Crippen LogP contribution >= 0.6 is 0 Å². The van der Waals surface area contributed by atoms with Crippen molar-refractivity contribution >= 4 is 0 Å². The first-order valence-corrected chi connectivity index (χ1v) is 57.3. The summed E-state index contributed by atoms with van der Waals surface area (Å²) < 4.78 is 4.91. The summed E-state index contributed by atoms with van der Waals surface area (Å²) >= 11 is 0. The molecule has 0 aromatic heterocycles. The van der Waals surface area contributed by atoms with E-state index in [0.29, 0.717) is 0 Å². The molecule has 6 aromatic rings. The Morgan fingerprint density at radius 1 is 0.217 bits per heavy atom. The zero-order valence-electron chi connectivity index (χ0n) is 95.9. The van der Waals surface area contributed by atoms with E-state index in [1.807, 2.05) is 14.7 Å². The fraction of sp³-hybridized carbons (Fsp3) is 0.712. The number of rotatable bonds is 30. The van der Waals surface area contributed by atoms with E-state index in [1.165, 1.54) is 337 Å². The van der Waals surface area contributed by atoms with Crippen LogP contribution in [-0.2, 0) is 39.3 Å². The van der Waals surface area contributed by atoms with Gasteiger partial charge >= 0.3 is 0 Å². The summed E-state index contributed by atoms with van der Waals surface area (Å²) in [4.78, 5) is 8.96. The number of benzene rings is 6. The van der Waals surface area contributed by atoms with Crippen molar-refractivity contribution in [2.45, 2.75) is 307 Å². The molecule has 0 spiro atoms. The van der Waals surface area contributed by atoms with E-state index in [1.54, 1.807) is 9.80 Å². The van der Waals surface area contributed by atoms with E-state index in [9.17, 15) is 0 Å². The van der Waals surface area contributed by atoms with E-state index in [4.69, 9.17) is 0 Å². The van der Waals surface area contributed by atoms with Crippen LogP contribution in [0.25, 0.3) is 0 Å². The van der Waals surface area contributed by atoms with Crippen LogP contribution in [0, 0.1) is 107 Å². The van der Waals surface area contributed by atoms with Crippen LogP contribution in [-0.4, -0.2) is 184 Å². The highest BCUT2D eigenvalue weighted by Gasteiger charge is 2.46. The molecule has 21 unspecified atom stereocenters. The molecule has 9 nitrogen and oxygen atoms in total. The third-order valence-electron chi connectivity index (χ3n) is 35.1. The maximum absolute atomic E-state index is 2.45. The fourth-order valence-corrected chi connectivity index (χ4v) is 28.2. The second-order valence-electron chi connectivity index (χ2n) is 47.1. The van der Waals surface area contributed by atoms with Crippen LogP contribution in [0.4, 0.5) is 0 Å². The van der Waals surface area contributed by atoms with Crippen LogP contribution in [0.5, 0.6) is 0 Å². The second-order valence-corrected chi connectivity index (χ2v) is 47.1. The monoisotopic (exact) mass is 2160 g/mol. The summed E-state index contributed by atoms with van der Waals surface area (Å²) in [6, 6.07) is 66.2. The summed E-state index contributed by atoms with van der Waals surface area (Å²) in [5.74, 6) is 17.2. The first-order chi connectivity index (χ1) is 64.6. The van der Waals surface area contributed by atoms with Gasteiger partial charge in [0, 0.05) is 140 Å². The van der Waals surface area contributed by atoms with Crippen LogP contribution < -0.4 is 136 Å². The highest BCUT2D eigenvalue weighted by Crippen LogP contribution is 2.40. The predicted molar refractivity (Wildman–Crippen MR) is 582 cm³/mol. The molecule has 0 amide bonds. The maximum atomic E-state index is 2.45. The van der Waals surface area contributed by atoms with Gasteiger partial charge in [-0.15, -0.1) is 0 Å². The minimum Gasteiger partial charge on any atom is -1.00 e. The molecule has 9 heterocycles. The zero-order valence-corrected chi connectivity index (χ0v) is 103. The molecule has 0 saturated carbocycles. The molecule has 21 atom stereocenters. The van der Waals surface area contributed by atoms with Crippen molar-refractivity contribution < 1.29 is 154 Å². The van der Waals surface area contributed by atoms with Gasteiger partial charge in [-0.2, -0.15) is 0 Å². The first-order valence-electron chi connectivity index (χ1n) is 57.3. The molecule has 18 heteroatoms. The molecule has 9 aliphatic rings. The van der Waals surface area contributed by atoms with Gasteiger partial charge in [0.25, 0.3) is 0 Å². The SMILES string of the molecule is CCC1CC(C)C[N+](C)(Cc2ccccc2)C1.CCC1CC(C)C[N+](Cc2ccccc2)(Cc2ccccc2)C1.CCC1CC(C)C[NH+](C)C1.CCC1CC(C)C[NH+](CC)C1.CCC1C[N+](C)(Cc2ccccc2)CC1CC.CCC1C[N+](Cc2ccccc2)(Cc2ccccc2)CC1CC.CCC1C[NH+](C)CC1CC.CCC1C[NH+](CC)CC1CC.CCC[NH+]1CC(CC)C(CC)C1.[Cl-].[Cl-].[Cl-].[Cl-].[Cl-].[Cl-].[Cl-].[Cl-].[Cl-]. The van der Waals surface area contributed by atoms with Gasteiger partial charge in [0.05, 0.1) is 166 Å². The number of piperidine rings is 4. The summed E-state index contributed by atoms with van der Waals surface area (Å²) in [6.07, 6.45) is 26.2. The minimum absolute atomic E-state index is 0. The van der Waals surface area contributed by atoms with Crippen molar-refractivity contribution in [2.75, 3.05) is 166 Å². The largest absolute Gasteiger partial charge is 1.00 e. The normalized spacial score (nSPS) is 30.1. The Morgan fingerprint density at radius 3 is 0.762 bits per heavy atom. The Kier molecular flexibility index (Phi) is 79.6. The maximum Gasteiger partial charge on any atom is 0.105 e. The van der Waals surface area contributed by atoms with Gasteiger partial charge in [0.1, 0.15) is 39.3 Å². The number of halogens is 9. The second kappa shape index (κ2) is 78.7. The number of hydrogen-bond acceptors (Lipinski definition) is 0. The molecule has 9 fully saturated rings. The topological polar surface area (TPSA) is 22.2 Å². The highest BCUT2D eigenvalue weighted by molar-refractivity contribution is 5.19. The Hall–Kier alpha value is -2.43. The van der Waals surface area contributed by atoms with Gasteiger partial charge in [-0.05, 0) is 136 Å². The molecule has 6 aromatic carbocycles. The molecule has 828 valence electrons. The van der Waals surface area contributed by atoms with E-state index in [2.05, 4.69) is 356 Å². The Morgan fingerprint density at radius 2 is 0.462 bits per heavy atom. The molecule has 5 N–H and O–H groups in total. The van der Waals surface area contributed by atoms with Gasteiger partial charge in [-0.25, -0.2) is 0 Å². The van der Waals surface area contributed by atoms with E-state index in [-0.39, 0.29) is 112 Å². The fourth-order valence-electron chi connectivity index (χ4n) is 28.2. The average molecular weight is 2170 g/mol. The van der Waals surface area contributed by atoms with E-state index < -0.39 is 0 Å². The highest BCUT2D eigenvalue weighted by atomic mass is 35.5. The van der Waals surface area contributed by atoms with Crippen LogP contribution in [0.15, 0.2) is 182 Å². The number of nitrogens with zero attached hydrogens (tertiary/aromatic N) is 4. The van der Waals surface area contributed by atoms with E-state index in [0.717, 1.165) is 120 Å². The molecule has 0 aliphatic carbocycles.